The molecular formula is C11H13BrFNO. The zero-order valence-corrected chi connectivity index (χ0v) is 10.1. The Morgan fingerprint density at radius 3 is 2.93 bits per heavy atom. The van der Waals surface area contributed by atoms with Crippen molar-refractivity contribution in [3.05, 3.63) is 28.5 Å². The first-order valence-corrected chi connectivity index (χ1v) is 5.80. The van der Waals surface area contributed by atoms with Crippen LogP contribution < -0.4 is 5.32 Å². The SMILES string of the molecule is CC1OCCC1Nc1c(F)cccc1Br. The lowest BCUT2D eigenvalue weighted by Gasteiger charge is -2.18. The minimum atomic E-state index is -0.233. The van der Waals surface area contributed by atoms with Gasteiger partial charge in [-0.2, -0.15) is 0 Å². The van der Waals surface area contributed by atoms with Crippen molar-refractivity contribution < 1.29 is 9.13 Å². The van der Waals surface area contributed by atoms with Gasteiger partial charge in [0.1, 0.15) is 5.82 Å². The summed E-state index contributed by atoms with van der Waals surface area (Å²) >= 11 is 3.33. The molecule has 82 valence electrons. The van der Waals surface area contributed by atoms with E-state index in [1.54, 1.807) is 6.07 Å². The van der Waals surface area contributed by atoms with Crippen LogP contribution in [-0.4, -0.2) is 18.8 Å². The molecule has 0 bridgehead atoms. The van der Waals surface area contributed by atoms with Crippen LogP contribution >= 0.6 is 15.9 Å². The number of rotatable bonds is 2. The van der Waals surface area contributed by atoms with Gasteiger partial charge in [0.05, 0.1) is 17.8 Å². The van der Waals surface area contributed by atoms with Gasteiger partial charge in [-0.1, -0.05) is 6.07 Å². The van der Waals surface area contributed by atoms with E-state index in [2.05, 4.69) is 21.2 Å². The van der Waals surface area contributed by atoms with Gasteiger partial charge >= 0.3 is 0 Å². The molecule has 2 atom stereocenters. The average molecular weight is 274 g/mol. The highest BCUT2D eigenvalue weighted by Gasteiger charge is 2.25. The smallest absolute Gasteiger partial charge is 0.147 e. The largest absolute Gasteiger partial charge is 0.376 e. The Labute approximate surface area is 96.9 Å². The van der Waals surface area contributed by atoms with Gasteiger partial charge in [0.25, 0.3) is 0 Å². The lowest BCUT2D eigenvalue weighted by atomic mass is 10.1. The van der Waals surface area contributed by atoms with Crippen LogP contribution in [0.2, 0.25) is 0 Å². The van der Waals surface area contributed by atoms with Crippen molar-refractivity contribution in [2.75, 3.05) is 11.9 Å². The molecule has 0 amide bonds. The summed E-state index contributed by atoms with van der Waals surface area (Å²) < 4.78 is 19.7. The molecular weight excluding hydrogens is 261 g/mol. The molecule has 15 heavy (non-hydrogen) atoms. The second-order valence-corrected chi connectivity index (χ2v) is 4.57. The van der Waals surface area contributed by atoms with Crippen molar-refractivity contribution in [3.8, 4) is 0 Å². The predicted molar refractivity (Wildman–Crippen MR) is 61.5 cm³/mol. The first kappa shape index (κ1) is 10.9. The Morgan fingerprint density at radius 1 is 1.53 bits per heavy atom. The summed E-state index contributed by atoms with van der Waals surface area (Å²) in [4.78, 5) is 0. The average Bonchev–Trinajstić information content (AvgIpc) is 2.58. The van der Waals surface area contributed by atoms with Gasteiger partial charge in [0, 0.05) is 11.1 Å². The summed E-state index contributed by atoms with van der Waals surface area (Å²) in [5.41, 5.74) is 0.528. The monoisotopic (exact) mass is 273 g/mol. The van der Waals surface area contributed by atoms with Gasteiger partial charge in [0.15, 0.2) is 0 Å². The normalized spacial score (nSPS) is 25.5. The topological polar surface area (TPSA) is 21.3 Å². The maximum Gasteiger partial charge on any atom is 0.147 e. The Kier molecular flexibility index (Phi) is 3.26. The Balaban J connectivity index is 2.16. The summed E-state index contributed by atoms with van der Waals surface area (Å²) in [6, 6.07) is 5.15. The Hall–Kier alpha value is -0.610. The van der Waals surface area contributed by atoms with Gasteiger partial charge in [-0.3, -0.25) is 0 Å². The third kappa shape index (κ3) is 2.32. The van der Waals surface area contributed by atoms with E-state index >= 15 is 0 Å². The zero-order chi connectivity index (χ0) is 10.8. The highest BCUT2D eigenvalue weighted by Crippen LogP contribution is 2.28. The molecule has 1 fully saturated rings. The van der Waals surface area contributed by atoms with E-state index in [1.807, 2.05) is 13.0 Å². The second-order valence-electron chi connectivity index (χ2n) is 3.71. The highest BCUT2D eigenvalue weighted by atomic mass is 79.9. The van der Waals surface area contributed by atoms with Crippen molar-refractivity contribution in [2.24, 2.45) is 0 Å². The molecule has 0 aromatic heterocycles. The molecule has 2 unspecified atom stereocenters. The van der Waals surface area contributed by atoms with Gasteiger partial charge in [0.2, 0.25) is 0 Å². The first-order valence-electron chi connectivity index (χ1n) is 5.00. The fourth-order valence-electron chi connectivity index (χ4n) is 1.74. The molecule has 1 heterocycles. The molecule has 0 radical (unpaired) electrons. The summed E-state index contributed by atoms with van der Waals surface area (Å²) in [5, 5.41) is 3.18. The molecule has 1 saturated heterocycles. The van der Waals surface area contributed by atoms with Gasteiger partial charge in [-0.05, 0) is 41.4 Å². The molecule has 2 nitrogen and oxygen atoms in total. The number of benzene rings is 1. The summed E-state index contributed by atoms with van der Waals surface area (Å²) in [5.74, 6) is -0.233. The van der Waals surface area contributed by atoms with E-state index < -0.39 is 0 Å². The number of ether oxygens (including phenoxy) is 1. The van der Waals surface area contributed by atoms with E-state index in [1.165, 1.54) is 6.07 Å². The van der Waals surface area contributed by atoms with E-state index in [0.29, 0.717) is 5.69 Å². The molecule has 1 aromatic rings. The van der Waals surface area contributed by atoms with Crippen molar-refractivity contribution in [1.29, 1.82) is 0 Å². The number of hydrogen-bond donors (Lipinski definition) is 1. The van der Waals surface area contributed by atoms with Gasteiger partial charge in [-0.25, -0.2) is 4.39 Å². The Bertz CT molecular complexity index is 338. The van der Waals surface area contributed by atoms with Crippen molar-refractivity contribution in [3.63, 3.8) is 0 Å². The van der Waals surface area contributed by atoms with Crippen molar-refractivity contribution >= 4 is 21.6 Å². The van der Waals surface area contributed by atoms with Crippen LogP contribution in [-0.2, 0) is 4.74 Å². The minimum absolute atomic E-state index is 0.136. The molecule has 1 aliphatic rings. The van der Waals surface area contributed by atoms with E-state index in [-0.39, 0.29) is 18.0 Å². The third-order valence-corrected chi connectivity index (χ3v) is 3.33. The molecule has 1 N–H and O–H groups in total. The Morgan fingerprint density at radius 2 is 2.33 bits per heavy atom. The van der Waals surface area contributed by atoms with Crippen LogP contribution in [0.25, 0.3) is 0 Å². The number of anilines is 1. The van der Waals surface area contributed by atoms with Crippen molar-refractivity contribution in [1.82, 2.24) is 0 Å². The number of hydrogen-bond acceptors (Lipinski definition) is 2. The summed E-state index contributed by atoms with van der Waals surface area (Å²) in [6.45, 7) is 2.74. The summed E-state index contributed by atoms with van der Waals surface area (Å²) in [7, 11) is 0. The van der Waals surface area contributed by atoms with Crippen LogP contribution in [0.4, 0.5) is 10.1 Å². The zero-order valence-electron chi connectivity index (χ0n) is 8.47. The number of para-hydroxylation sites is 1. The third-order valence-electron chi connectivity index (χ3n) is 2.67. The van der Waals surface area contributed by atoms with Crippen LogP contribution in [0.1, 0.15) is 13.3 Å². The predicted octanol–water partition coefficient (Wildman–Crippen LogP) is 3.18. The second kappa shape index (κ2) is 4.49. The van der Waals surface area contributed by atoms with Crippen LogP contribution in [0.3, 0.4) is 0 Å². The van der Waals surface area contributed by atoms with E-state index in [0.717, 1.165) is 17.5 Å². The molecule has 2 rings (SSSR count). The lowest BCUT2D eigenvalue weighted by Crippen LogP contribution is -2.27. The number of halogens is 2. The number of nitrogens with one attached hydrogen (secondary N) is 1. The van der Waals surface area contributed by atoms with Crippen LogP contribution in [0.5, 0.6) is 0 Å². The van der Waals surface area contributed by atoms with Crippen molar-refractivity contribution in [2.45, 2.75) is 25.5 Å². The molecule has 0 spiro atoms. The molecule has 0 aliphatic carbocycles. The van der Waals surface area contributed by atoms with Crippen LogP contribution in [0.15, 0.2) is 22.7 Å². The quantitative estimate of drug-likeness (QED) is 0.894. The van der Waals surface area contributed by atoms with E-state index in [9.17, 15) is 4.39 Å². The van der Waals surface area contributed by atoms with Crippen LogP contribution in [0, 0.1) is 5.82 Å². The van der Waals surface area contributed by atoms with Gasteiger partial charge in [-0.15, -0.1) is 0 Å². The molecule has 4 heteroatoms. The lowest BCUT2D eigenvalue weighted by molar-refractivity contribution is 0.121. The minimum Gasteiger partial charge on any atom is -0.376 e. The summed E-state index contributed by atoms with van der Waals surface area (Å²) in [6.07, 6.45) is 1.05. The molecule has 1 aliphatic heterocycles. The fourth-order valence-corrected chi connectivity index (χ4v) is 2.20. The van der Waals surface area contributed by atoms with E-state index in [4.69, 9.17) is 4.74 Å². The molecule has 0 saturated carbocycles. The maximum absolute atomic E-state index is 13.5. The van der Waals surface area contributed by atoms with Gasteiger partial charge < -0.3 is 10.1 Å². The molecule has 1 aromatic carbocycles. The fraction of sp³-hybridized carbons (Fsp3) is 0.455. The highest BCUT2D eigenvalue weighted by molar-refractivity contribution is 9.10. The maximum atomic E-state index is 13.5. The first-order chi connectivity index (χ1) is 7.18. The standard InChI is InChI=1S/C11H13BrFNO/c1-7-10(5-6-15-7)14-11-8(12)3-2-4-9(11)13/h2-4,7,10,14H,5-6H2,1H3.